The number of hydrogen-bond donors (Lipinski definition) is 1. The predicted molar refractivity (Wildman–Crippen MR) is 79.3 cm³/mol. The molecule has 5 nitrogen and oxygen atoms in total. The van der Waals surface area contributed by atoms with Gasteiger partial charge in [-0.15, -0.1) is 5.10 Å². The Morgan fingerprint density at radius 3 is 2.85 bits per heavy atom. The molecule has 0 bridgehead atoms. The summed E-state index contributed by atoms with van der Waals surface area (Å²) in [4.78, 5) is 0. The molecule has 0 saturated heterocycles. The molecule has 0 atom stereocenters. The van der Waals surface area contributed by atoms with Crippen LogP contribution in [0.3, 0.4) is 0 Å². The highest BCUT2D eigenvalue weighted by atomic mass is 35.5. The van der Waals surface area contributed by atoms with E-state index in [1.807, 2.05) is 16.8 Å². The number of aryl methyl sites for hydroxylation is 1. The molecule has 1 aliphatic rings. The number of hydrogen-bond acceptors (Lipinski definition) is 4. The average molecular weight is 292 g/mol. The number of nitrogens with two attached hydrogens (primary N) is 1. The zero-order valence-corrected chi connectivity index (χ0v) is 12.1. The lowest BCUT2D eigenvalue weighted by atomic mass is 10.0. The minimum absolute atomic E-state index is 0.535. The lowest BCUT2D eigenvalue weighted by molar-refractivity contribution is 0.436. The van der Waals surface area contributed by atoms with Crippen LogP contribution >= 0.6 is 11.6 Å². The summed E-state index contributed by atoms with van der Waals surface area (Å²) in [5.74, 6) is 1.58. The maximum absolute atomic E-state index is 6.06. The van der Waals surface area contributed by atoms with Gasteiger partial charge in [-0.3, -0.25) is 0 Å². The van der Waals surface area contributed by atoms with Crippen molar-refractivity contribution in [1.29, 1.82) is 0 Å². The number of benzene rings is 1. The smallest absolute Gasteiger partial charge is 0.182 e. The third kappa shape index (κ3) is 2.77. The van der Waals surface area contributed by atoms with E-state index in [0.29, 0.717) is 10.7 Å². The van der Waals surface area contributed by atoms with Crippen molar-refractivity contribution in [2.45, 2.75) is 38.6 Å². The molecule has 3 rings (SSSR count). The number of tetrazole rings is 1. The Labute approximate surface area is 123 Å². The fourth-order valence-corrected chi connectivity index (χ4v) is 3.01. The second-order valence-electron chi connectivity index (χ2n) is 5.40. The molecule has 1 fully saturated rings. The number of halogens is 1. The normalized spacial score (nSPS) is 15.8. The van der Waals surface area contributed by atoms with Gasteiger partial charge in [-0.05, 0) is 41.0 Å². The molecule has 20 heavy (non-hydrogen) atoms. The molecule has 0 radical (unpaired) electrons. The lowest BCUT2D eigenvalue weighted by Crippen LogP contribution is -2.07. The van der Waals surface area contributed by atoms with Gasteiger partial charge in [0.25, 0.3) is 0 Å². The van der Waals surface area contributed by atoms with Crippen LogP contribution in [-0.4, -0.2) is 20.2 Å². The summed E-state index contributed by atoms with van der Waals surface area (Å²) in [6.45, 7) is 0.856. The van der Waals surface area contributed by atoms with E-state index >= 15 is 0 Å². The van der Waals surface area contributed by atoms with E-state index < -0.39 is 0 Å². The van der Waals surface area contributed by atoms with E-state index in [0.717, 1.165) is 30.3 Å². The monoisotopic (exact) mass is 291 g/mol. The molecule has 1 aromatic heterocycles. The molecule has 0 aliphatic heterocycles. The number of rotatable bonds is 4. The van der Waals surface area contributed by atoms with E-state index in [9.17, 15) is 0 Å². The highest BCUT2D eigenvalue weighted by Gasteiger charge is 2.16. The van der Waals surface area contributed by atoms with E-state index in [-0.39, 0.29) is 0 Å². The Kier molecular flexibility index (Phi) is 3.87. The predicted octanol–water partition coefficient (Wildman–Crippen LogP) is 3.16. The van der Waals surface area contributed by atoms with Crippen LogP contribution in [-0.2, 0) is 6.54 Å². The van der Waals surface area contributed by atoms with Gasteiger partial charge in [0.1, 0.15) is 0 Å². The second kappa shape index (κ2) is 5.79. The van der Waals surface area contributed by atoms with E-state index in [1.165, 1.54) is 25.7 Å². The molecule has 1 heterocycles. The van der Waals surface area contributed by atoms with Crippen LogP contribution in [0.5, 0.6) is 0 Å². The van der Waals surface area contributed by atoms with E-state index in [2.05, 4.69) is 15.5 Å². The molecule has 1 saturated carbocycles. The molecule has 106 valence electrons. The molecule has 2 aromatic rings. The van der Waals surface area contributed by atoms with Crippen molar-refractivity contribution in [2.24, 2.45) is 5.92 Å². The fourth-order valence-electron chi connectivity index (χ4n) is 2.83. The second-order valence-corrected chi connectivity index (χ2v) is 5.81. The SMILES string of the molecule is Nc1ccc(-c2nnnn2CCC2CCCC2)cc1Cl. The van der Waals surface area contributed by atoms with Gasteiger partial charge in [-0.25, -0.2) is 4.68 Å². The highest BCUT2D eigenvalue weighted by molar-refractivity contribution is 6.33. The molecule has 1 aromatic carbocycles. The standard InChI is InChI=1S/C14H18ClN5/c15-12-9-11(5-6-13(12)16)14-17-18-19-20(14)8-7-10-3-1-2-4-10/h5-6,9-10H,1-4,7-8,16H2. The molecule has 0 amide bonds. The Balaban J connectivity index is 1.76. The summed E-state index contributed by atoms with van der Waals surface area (Å²) in [6.07, 6.45) is 6.54. The van der Waals surface area contributed by atoms with Gasteiger partial charge in [-0.2, -0.15) is 0 Å². The molecule has 2 N–H and O–H groups in total. The van der Waals surface area contributed by atoms with Gasteiger partial charge in [0.2, 0.25) is 0 Å². The molecular weight excluding hydrogens is 274 g/mol. The van der Waals surface area contributed by atoms with Crippen molar-refractivity contribution in [2.75, 3.05) is 5.73 Å². The summed E-state index contributed by atoms with van der Waals surface area (Å²) < 4.78 is 1.86. The van der Waals surface area contributed by atoms with Crippen LogP contribution in [0.15, 0.2) is 18.2 Å². The Morgan fingerprint density at radius 2 is 2.10 bits per heavy atom. The van der Waals surface area contributed by atoms with E-state index in [4.69, 9.17) is 17.3 Å². The van der Waals surface area contributed by atoms with Crippen LogP contribution in [0.25, 0.3) is 11.4 Å². The largest absolute Gasteiger partial charge is 0.398 e. The van der Waals surface area contributed by atoms with Gasteiger partial charge in [0, 0.05) is 12.1 Å². The van der Waals surface area contributed by atoms with Crippen LogP contribution in [0.2, 0.25) is 5.02 Å². The van der Waals surface area contributed by atoms with Crippen LogP contribution in [0.4, 0.5) is 5.69 Å². The van der Waals surface area contributed by atoms with Crippen LogP contribution < -0.4 is 5.73 Å². The van der Waals surface area contributed by atoms with E-state index in [1.54, 1.807) is 6.07 Å². The zero-order valence-electron chi connectivity index (χ0n) is 11.3. The lowest BCUT2D eigenvalue weighted by Gasteiger charge is -2.10. The summed E-state index contributed by atoms with van der Waals surface area (Å²) in [6, 6.07) is 5.50. The van der Waals surface area contributed by atoms with Crippen molar-refractivity contribution < 1.29 is 0 Å². The maximum atomic E-state index is 6.06. The first-order chi connectivity index (χ1) is 9.74. The van der Waals surface area contributed by atoms with Crippen molar-refractivity contribution in [1.82, 2.24) is 20.2 Å². The Bertz CT molecular complexity index is 589. The minimum atomic E-state index is 0.535. The third-order valence-electron chi connectivity index (χ3n) is 4.01. The molecule has 1 aliphatic carbocycles. The maximum Gasteiger partial charge on any atom is 0.182 e. The fraction of sp³-hybridized carbons (Fsp3) is 0.500. The summed E-state index contributed by atoms with van der Waals surface area (Å²) in [5.41, 5.74) is 7.20. The third-order valence-corrected chi connectivity index (χ3v) is 4.34. The number of anilines is 1. The Hall–Kier alpha value is -1.62. The van der Waals surface area contributed by atoms with Crippen molar-refractivity contribution in [3.8, 4) is 11.4 Å². The number of aromatic nitrogens is 4. The summed E-state index contributed by atoms with van der Waals surface area (Å²) in [5, 5.41) is 12.5. The zero-order chi connectivity index (χ0) is 13.9. The van der Waals surface area contributed by atoms with Crippen molar-refractivity contribution in [3.63, 3.8) is 0 Å². The van der Waals surface area contributed by atoms with Gasteiger partial charge in [0.05, 0.1) is 10.7 Å². The first kappa shape index (κ1) is 13.4. The molecule has 6 heteroatoms. The molecule has 0 spiro atoms. The first-order valence-electron chi connectivity index (χ1n) is 7.05. The molecule has 0 unspecified atom stereocenters. The Morgan fingerprint density at radius 1 is 1.30 bits per heavy atom. The van der Waals surface area contributed by atoms with Crippen LogP contribution in [0, 0.1) is 5.92 Å². The minimum Gasteiger partial charge on any atom is -0.398 e. The quantitative estimate of drug-likeness (QED) is 0.879. The van der Waals surface area contributed by atoms with Gasteiger partial charge < -0.3 is 5.73 Å². The number of nitrogen functional groups attached to an aromatic ring is 1. The average Bonchev–Trinajstić information content (AvgIpc) is 3.10. The molecular formula is C14H18ClN5. The van der Waals surface area contributed by atoms with Gasteiger partial charge in [0.15, 0.2) is 5.82 Å². The number of nitrogens with zero attached hydrogens (tertiary/aromatic N) is 4. The van der Waals surface area contributed by atoms with Gasteiger partial charge >= 0.3 is 0 Å². The highest BCUT2D eigenvalue weighted by Crippen LogP contribution is 2.29. The summed E-state index contributed by atoms with van der Waals surface area (Å²) in [7, 11) is 0. The van der Waals surface area contributed by atoms with Gasteiger partial charge in [-0.1, -0.05) is 37.3 Å². The van der Waals surface area contributed by atoms with Crippen molar-refractivity contribution in [3.05, 3.63) is 23.2 Å². The van der Waals surface area contributed by atoms with Crippen LogP contribution in [0.1, 0.15) is 32.1 Å². The van der Waals surface area contributed by atoms with Crippen molar-refractivity contribution >= 4 is 17.3 Å². The first-order valence-corrected chi connectivity index (χ1v) is 7.43. The summed E-state index contributed by atoms with van der Waals surface area (Å²) >= 11 is 6.06. The topological polar surface area (TPSA) is 69.6 Å².